The number of rotatable bonds is 5. The van der Waals surface area contributed by atoms with Crippen molar-refractivity contribution < 1.29 is 22.4 Å². The quantitative estimate of drug-likeness (QED) is 0.144. The normalized spacial score (nSPS) is 18.9. The van der Waals surface area contributed by atoms with Crippen LogP contribution in [0.2, 0.25) is 5.02 Å². The van der Waals surface area contributed by atoms with Crippen molar-refractivity contribution in [3.05, 3.63) is 69.8 Å². The summed E-state index contributed by atoms with van der Waals surface area (Å²) in [5.41, 5.74) is 3.22. The van der Waals surface area contributed by atoms with Crippen LogP contribution in [0.15, 0.2) is 40.8 Å². The molecule has 43 heavy (non-hydrogen) atoms. The summed E-state index contributed by atoms with van der Waals surface area (Å²) in [5.74, 6) is -7.15. The Morgan fingerprint density at radius 3 is 2.42 bits per heavy atom. The fourth-order valence-electron chi connectivity index (χ4n) is 5.51. The maximum Gasteiger partial charge on any atom is 0.351 e. The molecular weight excluding hydrogens is 590 g/mol. The van der Waals surface area contributed by atoms with Crippen molar-refractivity contribution in [3.8, 4) is 11.3 Å². The van der Waals surface area contributed by atoms with Gasteiger partial charge in [0.1, 0.15) is 22.2 Å². The molecule has 2 aliphatic rings. The fraction of sp³-hybridized carbons (Fsp3) is 0.345. The second kappa shape index (κ2) is 11.4. The number of hydrogen-bond donors (Lipinski definition) is 1. The third kappa shape index (κ3) is 5.05. The van der Waals surface area contributed by atoms with Crippen molar-refractivity contribution >= 4 is 45.8 Å². The van der Waals surface area contributed by atoms with E-state index >= 15 is 8.78 Å². The van der Waals surface area contributed by atoms with Crippen LogP contribution in [0, 0.1) is 35.1 Å². The predicted molar refractivity (Wildman–Crippen MR) is 157 cm³/mol. The molecule has 14 heteroatoms. The number of aromatic nitrogens is 3. The molecule has 1 aromatic carbocycles. The molecule has 5 rings (SSSR count). The molecule has 1 saturated heterocycles. The summed E-state index contributed by atoms with van der Waals surface area (Å²) in [4.78, 5) is 42.4. The van der Waals surface area contributed by atoms with Crippen molar-refractivity contribution in [3.63, 3.8) is 0 Å². The number of halogens is 5. The number of carbonyl (C=O) groups is 1. The summed E-state index contributed by atoms with van der Waals surface area (Å²) in [6.45, 7) is 10.2. The first-order valence-electron chi connectivity index (χ1n) is 13.5. The molecule has 2 atom stereocenters. The van der Waals surface area contributed by atoms with Gasteiger partial charge in [-0.1, -0.05) is 45.0 Å². The minimum Gasteiger partial charge on any atom is -0.397 e. The van der Waals surface area contributed by atoms with Gasteiger partial charge < -0.3 is 15.5 Å². The number of nitrogen functional groups attached to an aromatic ring is 1. The topological polar surface area (TPSA) is 110 Å². The SMILES string of the molecule is C=CC(=O)N1CCN(c2nc(=O)n(C3C(C(C)C)=NC=C[C@H]3C)c3nc(-c4c(N)c(Cl)c(F)c(F)c4F)c(F)cc23)CC1. The zero-order chi connectivity index (χ0) is 31.3. The summed E-state index contributed by atoms with van der Waals surface area (Å²) in [5, 5.41) is -0.836. The lowest BCUT2D eigenvalue weighted by Gasteiger charge is -2.36. The molecule has 0 bridgehead atoms. The molecular formula is C29H28ClF4N7O2. The highest BCUT2D eigenvalue weighted by molar-refractivity contribution is 6.34. The lowest BCUT2D eigenvalue weighted by Crippen LogP contribution is -2.49. The number of fused-ring (bicyclic) bond motifs is 1. The molecule has 4 heterocycles. The Morgan fingerprint density at radius 1 is 1.12 bits per heavy atom. The van der Waals surface area contributed by atoms with Gasteiger partial charge in [0.25, 0.3) is 0 Å². The van der Waals surface area contributed by atoms with Crippen molar-refractivity contribution in [2.24, 2.45) is 16.8 Å². The first-order valence-corrected chi connectivity index (χ1v) is 13.9. The van der Waals surface area contributed by atoms with Gasteiger partial charge in [-0.2, -0.15) is 4.98 Å². The van der Waals surface area contributed by atoms with E-state index in [0.717, 1.165) is 6.07 Å². The molecule has 2 N–H and O–H groups in total. The highest BCUT2D eigenvalue weighted by Crippen LogP contribution is 2.40. The van der Waals surface area contributed by atoms with Gasteiger partial charge in [-0.15, -0.1) is 0 Å². The van der Waals surface area contributed by atoms with E-state index in [1.165, 1.54) is 10.6 Å². The highest BCUT2D eigenvalue weighted by atomic mass is 35.5. The van der Waals surface area contributed by atoms with Gasteiger partial charge in [0.05, 0.1) is 22.7 Å². The van der Waals surface area contributed by atoms with Crippen LogP contribution < -0.4 is 16.3 Å². The van der Waals surface area contributed by atoms with Gasteiger partial charge in [-0.25, -0.2) is 27.3 Å². The molecule has 226 valence electrons. The van der Waals surface area contributed by atoms with Crippen molar-refractivity contribution in [2.45, 2.75) is 26.8 Å². The number of benzene rings is 1. The molecule has 2 aliphatic heterocycles. The molecule has 3 aromatic rings. The molecule has 0 saturated carbocycles. The number of hydrogen-bond acceptors (Lipinski definition) is 7. The van der Waals surface area contributed by atoms with Gasteiger partial charge in [0.15, 0.2) is 23.3 Å². The molecule has 0 aliphatic carbocycles. The van der Waals surface area contributed by atoms with E-state index < -0.39 is 57.0 Å². The first kappa shape index (κ1) is 30.2. The van der Waals surface area contributed by atoms with E-state index in [0.29, 0.717) is 5.71 Å². The van der Waals surface area contributed by atoms with Gasteiger partial charge >= 0.3 is 5.69 Å². The molecule has 2 aromatic heterocycles. The largest absolute Gasteiger partial charge is 0.397 e. The first-order chi connectivity index (χ1) is 20.4. The summed E-state index contributed by atoms with van der Waals surface area (Å²) in [7, 11) is 0. The van der Waals surface area contributed by atoms with Gasteiger partial charge in [-0.3, -0.25) is 14.4 Å². The van der Waals surface area contributed by atoms with Crippen molar-refractivity contribution in [2.75, 3.05) is 36.8 Å². The number of carbonyl (C=O) groups excluding carboxylic acids is 1. The summed E-state index contributed by atoms with van der Waals surface area (Å²) >= 11 is 5.82. The number of nitrogens with zero attached hydrogens (tertiary/aromatic N) is 6. The zero-order valence-electron chi connectivity index (χ0n) is 23.5. The van der Waals surface area contributed by atoms with Crippen molar-refractivity contribution in [1.82, 2.24) is 19.4 Å². The molecule has 0 radical (unpaired) electrons. The maximum absolute atomic E-state index is 15.9. The number of aliphatic imine (C=N–C) groups is 1. The molecule has 1 amide bonds. The second-order valence-electron chi connectivity index (χ2n) is 10.7. The third-order valence-electron chi connectivity index (χ3n) is 7.72. The fourth-order valence-corrected chi connectivity index (χ4v) is 5.69. The van der Waals surface area contributed by atoms with Crippen LogP contribution in [-0.2, 0) is 4.79 Å². The second-order valence-corrected chi connectivity index (χ2v) is 11.1. The third-order valence-corrected chi connectivity index (χ3v) is 8.09. The molecule has 0 spiro atoms. The highest BCUT2D eigenvalue weighted by Gasteiger charge is 2.34. The van der Waals surface area contributed by atoms with Crippen LogP contribution in [0.5, 0.6) is 0 Å². The van der Waals surface area contributed by atoms with Crippen LogP contribution in [0.4, 0.5) is 29.1 Å². The van der Waals surface area contributed by atoms with Gasteiger partial charge in [-0.05, 0) is 18.1 Å². The van der Waals surface area contributed by atoms with Crippen LogP contribution in [0.25, 0.3) is 22.3 Å². The van der Waals surface area contributed by atoms with Crippen LogP contribution in [0.3, 0.4) is 0 Å². The monoisotopic (exact) mass is 617 g/mol. The number of piperazine rings is 1. The van der Waals surface area contributed by atoms with E-state index in [9.17, 15) is 18.4 Å². The van der Waals surface area contributed by atoms with E-state index in [1.807, 2.05) is 20.8 Å². The number of allylic oxidation sites excluding steroid dienone is 1. The smallest absolute Gasteiger partial charge is 0.351 e. The Balaban J connectivity index is 1.80. The number of pyridine rings is 1. The lowest BCUT2D eigenvalue weighted by molar-refractivity contribution is -0.126. The number of nitrogens with two attached hydrogens (primary N) is 1. The minimum atomic E-state index is -1.95. The molecule has 9 nitrogen and oxygen atoms in total. The minimum absolute atomic E-state index is 0.0960. The Labute approximate surface area is 249 Å². The Bertz CT molecular complexity index is 1750. The van der Waals surface area contributed by atoms with E-state index in [1.54, 1.807) is 22.1 Å². The maximum atomic E-state index is 15.9. The molecule has 1 fully saturated rings. The Hall–Kier alpha value is -4.26. The Morgan fingerprint density at radius 2 is 1.79 bits per heavy atom. The predicted octanol–water partition coefficient (Wildman–Crippen LogP) is 4.89. The number of anilines is 2. The summed E-state index contributed by atoms with van der Waals surface area (Å²) < 4.78 is 60.8. The zero-order valence-corrected chi connectivity index (χ0v) is 24.3. The standard InChI is InChI=1S/C29H28ClF4N7O2/c1-5-17(42)39-8-10-40(11-9-39)27-15-12-16(31)25(18-20(32)22(34)21(33)19(30)23(18)35)37-28(15)41(29(43)38-27)26-14(4)6-7-36-24(26)13(2)3/h5-7,12-14,26H,1,8-11,35H2,2-4H3/t14-,26?/m1/s1. The Kier molecular flexibility index (Phi) is 8.03. The average molecular weight is 618 g/mol. The van der Waals surface area contributed by atoms with E-state index in [4.69, 9.17) is 17.3 Å². The van der Waals surface area contributed by atoms with Crippen LogP contribution in [-0.4, -0.2) is 57.2 Å². The summed E-state index contributed by atoms with van der Waals surface area (Å²) in [6, 6.07) is 0.297. The average Bonchev–Trinajstić information content (AvgIpc) is 2.99. The van der Waals surface area contributed by atoms with Gasteiger partial charge in [0.2, 0.25) is 5.91 Å². The van der Waals surface area contributed by atoms with E-state index in [-0.39, 0.29) is 60.8 Å². The van der Waals surface area contributed by atoms with Crippen LogP contribution in [0.1, 0.15) is 26.8 Å². The van der Waals surface area contributed by atoms with Crippen LogP contribution >= 0.6 is 11.6 Å². The van der Waals surface area contributed by atoms with E-state index in [2.05, 4.69) is 21.5 Å². The van der Waals surface area contributed by atoms with Gasteiger partial charge in [0, 0.05) is 44.0 Å². The number of amides is 1. The molecule has 1 unspecified atom stereocenters. The summed E-state index contributed by atoms with van der Waals surface area (Å²) in [6.07, 6.45) is 4.62. The lowest BCUT2D eigenvalue weighted by atomic mass is 9.88. The van der Waals surface area contributed by atoms with Crippen molar-refractivity contribution in [1.29, 1.82) is 0 Å².